The Labute approximate surface area is 138 Å². The maximum atomic E-state index is 12.3. The molecule has 0 aliphatic carbocycles. The molecule has 0 bridgehead atoms. The molecule has 0 fully saturated rings. The first-order chi connectivity index (χ1) is 9.90. The summed E-state index contributed by atoms with van der Waals surface area (Å²) in [6, 6.07) is 12.9. The van der Waals surface area contributed by atoms with Gasteiger partial charge < -0.3 is 0 Å². The smallest absolute Gasteiger partial charge is 0.200 e. The van der Waals surface area contributed by atoms with Gasteiger partial charge in [-0.05, 0) is 59.7 Å². The monoisotopic (exact) mass is 414 g/mol. The number of nitrogens with one attached hydrogen (secondary N) is 1. The molecule has 110 valence electrons. The van der Waals surface area contributed by atoms with E-state index in [0.717, 1.165) is 14.7 Å². The summed E-state index contributed by atoms with van der Waals surface area (Å²) in [5.74, 6) is 0. The van der Waals surface area contributed by atoms with Crippen LogP contribution in [0.4, 0.5) is 0 Å². The van der Waals surface area contributed by atoms with Crippen molar-refractivity contribution in [3.63, 3.8) is 0 Å². The Morgan fingerprint density at radius 2 is 1.86 bits per heavy atom. The van der Waals surface area contributed by atoms with Crippen LogP contribution < -0.4 is 4.83 Å². The largest absolute Gasteiger partial charge is 0.276 e. The summed E-state index contributed by atoms with van der Waals surface area (Å²) in [5.41, 5.74) is 2.45. The Kier molecular flexibility index (Phi) is 5.00. The lowest BCUT2D eigenvalue weighted by atomic mass is 10.2. The number of benzene rings is 2. The second-order valence-electron chi connectivity index (χ2n) is 4.64. The van der Waals surface area contributed by atoms with Crippen LogP contribution in [0, 0.1) is 17.4 Å². The lowest BCUT2D eigenvalue weighted by Crippen LogP contribution is -2.19. The van der Waals surface area contributed by atoms with E-state index >= 15 is 0 Å². The van der Waals surface area contributed by atoms with E-state index in [9.17, 15) is 8.42 Å². The van der Waals surface area contributed by atoms with Crippen molar-refractivity contribution in [2.75, 3.05) is 0 Å². The molecular weight excluding hydrogens is 399 g/mol. The number of hydrogen-bond acceptors (Lipinski definition) is 3. The van der Waals surface area contributed by atoms with Gasteiger partial charge in [0, 0.05) is 9.13 Å². The van der Waals surface area contributed by atoms with Gasteiger partial charge in [0.2, 0.25) is 0 Å². The zero-order valence-electron chi connectivity index (χ0n) is 11.7. The fourth-order valence-corrected chi connectivity index (χ4v) is 3.44. The molecule has 0 aromatic heterocycles. The zero-order chi connectivity index (χ0) is 15.5. The summed E-state index contributed by atoms with van der Waals surface area (Å²) in [5, 5.41) is 3.85. The van der Waals surface area contributed by atoms with Crippen molar-refractivity contribution in [3.05, 3.63) is 62.7 Å². The van der Waals surface area contributed by atoms with E-state index in [1.807, 2.05) is 37.3 Å². The van der Waals surface area contributed by atoms with Crippen molar-refractivity contribution in [3.8, 4) is 0 Å². The van der Waals surface area contributed by atoms with E-state index in [0.29, 0.717) is 5.56 Å². The van der Waals surface area contributed by atoms with E-state index in [-0.39, 0.29) is 4.90 Å². The highest BCUT2D eigenvalue weighted by Gasteiger charge is 2.15. The zero-order valence-corrected chi connectivity index (χ0v) is 14.6. The number of aryl methyl sites for hydroxylation is 2. The molecule has 1 N–H and O–H groups in total. The highest BCUT2D eigenvalue weighted by Crippen LogP contribution is 2.16. The third-order valence-electron chi connectivity index (χ3n) is 2.91. The summed E-state index contributed by atoms with van der Waals surface area (Å²) in [4.78, 5) is 2.51. The van der Waals surface area contributed by atoms with Gasteiger partial charge in [0.25, 0.3) is 10.0 Å². The molecule has 0 saturated heterocycles. The van der Waals surface area contributed by atoms with Gasteiger partial charge in [-0.15, -0.1) is 0 Å². The molecule has 0 amide bonds. The summed E-state index contributed by atoms with van der Waals surface area (Å²) in [6.07, 6.45) is 1.50. The van der Waals surface area contributed by atoms with Gasteiger partial charge in [-0.1, -0.05) is 30.3 Å². The lowest BCUT2D eigenvalue weighted by molar-refractivity contribution is 0.584. The van der Waals surface area contributed by atoms with E-state index in [1.165, 1.54) is 6.21 Å². The van der Waals surface area contributed by atoms with Crippen LogP contribution in [0.5, 0.6) is 0 Å². The third kappa shape index (κ3) is 4.04. The second-order valence-corrected chi connectivity index (χ2v) is 7.43. The molecule has 2 aromatic rings. The number of rotatable bonds is 4. The standard InChI is InChI=1S/C15H15IN2O2S/c1-11-7-8-12(2)15(9-11)21(19,20)18-17-10-13-5-3-4-6-14(13)16/h3-10,18H,1-2H3. The van der Waals surface area contributed by atoms with Crippen LogP contribution in [0.25, 0.3) is 0 Å². The highest BCUT2D eigenvalue weighted by molar-refractivity contribution is 14.1. The first-order valence-electron chi connectivity index (χ1n) is 6.27. The van der Waals surface area contributed by atoms with Crippen LogP contribution >= 0.6 is 22.6 Å². The highest BCUT2D eigenvalue weighted by atomic mass is 127. The van der Waals surface area contributed by atoms with Crippen LogP contribution in [0.2, 0.25) is 0 Å². The van der Waals surface area contributed by atoms with Crippen molar-refractivity contribution < 1.29 is 8.42 Å². The lowest BCUT2D eigenvalue weighted by Gasteiger charge is -2.07. The molecule has 21 heavy (non-hydrogen) atoms. The van der Waals surface area contributed by atoms with Crippen molar-refractivity contribution >= 4 is 38.8 Å². The van der Waals surface area contributed by atoms with Crippen LogP contribution in [0.3, 0.4) is 0 Å². The number of halogens is 1. The Balaban J connectivity index is 2.23. The molecule has 0 atom stereocenters. The fourth-order valence-electron chi connectivity index (χ4n) is 1.79. The molecule has 0 aliphatic rings. The predicted molar refractivity (Wildman–Crippen MR) is 93.0 cm³/mol. The Bertz CT molecular complexity index is 786. The number of hydrogen-bond donors (Lipinski definition) is 1. The summed E-state index contributed by atoms with van der Waals surface area (Å²) < 4.78 is 25.5. The van der Waals surface area contributed by atoms with E-state index in [2.05, 4.69) is 32.5 Å². The summed E-state index contributed by atoms with van der Waals surface area (Å²) in [6.45, 7) is 3.62. The number of sulfonamides is 1. The van der Waals surface area contributed by atoms with Crippen LogP contribution in [0.1, 0.15) is 16.7 Å². The van der Waals surface area contributed by atoms with Gasteiger partial charge in [-0.25, -0.2) is 4.83 Å². The van der Waals surface area contributed by atoms with Crippen molar-refractivity contribution in [2.45, 2.75) is 18.7 Å². The van der Waals surface area contributed by atoms with Gasteiger partial charge in [0.15, 0.2) is 0 Å². The Hall–Kier alpha value is -1.41. The third-order valence-corrected chi connectivity index (χ3v) is 5.26. The van der Waals surface area contributed by atoms with E-state index in [1.54, 1.807) is 19.1 Å². The average Bonchev–Trinajstić information content (AvgIpc) is 2.43. The number of hydrazone groups is 1. The molecule has 0 aliphatic heterocycles. The van der Waals surface area contributed by atoms with Crippen molar-refractivity contribution in [1.82, 2.24) is 4.83 Å². The van der Waals surface area contributed by atoms with Gasteiger partial charge in [-0.3, -0.25) is 0 Å². The second kappa shape index (κ2) is 6.57. The molecule has 0 spiro atoms. The minimum Gasteiger partial charge on any atom is -0.200 e. The van der Waals surface area contributed by atoms with E-state index < -0.39 is 10.0 Å². The van der Waals surface area contributed by atoms with Gasteiger partial charge >= 0.3 is 0 Å². The normalized spacial score (nSPS) is 11.8. The number of nitrogens with zero attached hydrogens (tertiary/aromatic N) is 1. The SMILES string of the molecule is Cc1ccc(C)c(S(=O)(=O)NN=Cc2ccccc2I)c1. The van der Waals surface area contributed by atoms with Gasteiger partial charge in [0.05, 0.1) is 11.1 Å². The molecule has 0 unspecified atom stereocenters. The molecule has 0 radical (unpaired) electrons. The predicted octanol–water partition coefficient (Wildman–Crippen LogP) is 3.22. The van der Waals surface area contributed by atoms with Crippen molar-refractivity contribution in [1.29, 1.82) is 0 Å². The van der Waals surface area contributed by atoms with E-state index in [4.69, 9.17) is 0 Å². The summed E-state index contributed by atoms with van der Waals surface area (Å²) in [7, 11) is -3.65. The maximum Gasteiger partial charge on any atom is 0.276 e. The summed E-state index contributed by atoms with van der Waals surface area (Å²) >= 11 is 2.17. The van der Waals surface area contributed by atoms with Crippen LogP contribution in [0.15, 0.2) is 52.5 Å². The average molecular weight is 414 g/mol. The minimum atomic E-state index is -3.65. The Morgan fingerprint density at radius 1 is 1.14 bits per heavy atom. The van der Waals surface area contributed by atoms with Crippen LogP contribution in [-0.4, -0.2) is 14.6 Å². The maximum absolute atomic E-state index is 12.3. The molecule has 4 nitrogen and oxygen atoms in total. The van der Waals surface area contributed by atoms with Crippen LogP contribution in [-0.2, 0) is 10.0 Å². The molecule has 2 rings (SSSR count). The molecule has 0 heterocycles. The topological polar surface area (TPSA) is 58.5 Å². The first-order valence-corrected chi connectivity index (χ1v) is 8.83. The fraction of sp³-hybridized carbons (Fsp3) is 0.133. The Morgan fingerprint density at radius 3 is 2.57 bits per heavy atom. The minimum absolute atomic E-state index is 0.252. The molecule has 2 aromatic carbocycles. The molecular formula is C15H15IN2O2S. The molecule has 0 saturated carbocycles. The van der Waals surface area contributed by atoms with Gasteiger partial charge in [0.1, 0.15) is 0 Å². The van der Waals surface area contributed by atoms with Crippen molar-refractivity contribution in [2.24, 2.45) is 5.10 Å². The first kappa shape index (κ1) is 16.0. The van der Waals surface area contributed by atoms with Gasteiger partial charge in [-0.2, -0.15) is 13.5 Å². The molecule has 6 heteroatoms. The quantitative estimate of drug-likeness (QED) is 0.475.